The van der Waals surface area contributed by atoms with Crippen molar-refractivity contribution in [2.75, 3.05) is 0 Å². The van der Waals surface area contributed by atoms with Gasteiger partial charge in [0.1, 0.15) is 5.75 Å². The molecule has 1 saturated carbocycles. The molecule has 1 aromatic carbocycles. The lowest BCUT2D eigenvalue weighted by atomic mass is 10.1. The highest BCUT2D eigenvalue weighted by Gasteiger charge is 2.32. The van der Waals surface area contributed by atoms with Gasteiger partial charge in [-0.3, -0.25) is 4.79 Å². The first-order valence-electron chi connectivity index (χ1n) is 6.76. The molecule has 2 aliphatic rings. The topological polar surface area (TPSA) is 55.0 Å². The van der Waals surface area contributed by atoms with Crippen molar-refractivity contribution in [3.05, 3.63) is 55.3 Å². The monoisotopic (exact) mass is 380 g/mol. The summed E-state index contributed by atoms with van der Waals surface area (Å²) in [6.45, 7) is 0. The average molecular weight is 380 g/mol. The predicted octanol–water partition coefficient (Wildman–Crippen LogP) is 2.93. The summed E-state index contributed by atoms with van der Waals surface area (Å²) < 4.78 is 6.63. The van der Waals surface area contributed by atoms with E-state index in [1.165, 1.54) is 5.56 Å². The number of aromatic amines is 1. The van der Waals surface area contributed by atoms with Gasteiger partial charge in [0, 0.05) is 12.3 Å². The molecular formula is C15H13IN2O2. The molecule has 1 N–H and O–H groups in total. The number of hydrogen-bond donors (Lipinski definition) is 1. The number of ether oxygens (including phenoxy) is 1. The maximum atomic E-state index is 12.1. The van der Waals surface area contributed by atoms with Gasteiger partial charge in [-0.25, -0.2) is 4.98 Å². The largest absolute Gasteiger partial charge is 0.482 e. The Morgan fingerprint density at radius 2 is 2.10 bits per heavy atom. The van der Waals surface area contributed by atoms with E-state index in [2.05, 4.69) is 38.6 Å². The third-order valence-corrected chi connectivity index (χ3v) is 4.87. The number of nitrogens with one attached hydrogen (secondary N) is 1. The second-order valence-electron chi connectivity index (χ2n) is 5.34. The van der Waals surface area contributed by atoms with E-state index < -0.39 is 0 Å². The normalized spacial score (nSPS) is 20.6. The van der Waals surface area contributed by atoms with Crippen molar-refractivity contribution in [2.45, 2.75) is 31.3 Å². The van der Waals surface area contributed by atoms with Gasteiger partial charge < -0.3 is 9.72 Å². The van der Waals surface area contributed by atoms with Crippen molar-refractivity contribution >= 4 is 22.6 Å². The molecule has 0 bridgehead atoms. The number of hydrogen-bond acceptors (Lipinski definition) is 3. The van der Waals surface area contributed by atoms with Gasteiger partial charge in [0.15, 0.2) is 11.9 Å². The number of para-hydroxylation sites is 1. The van der Waals surface area contributed by atoms with E-state index in [4.69, 9.17) is 4.74 Å². The number of rotatable bonds is 2. The highest BCUT2D eigenvalue weighted by Crippen LogP contribution is 2.41. The van der Waals surface area contributed by atoms with Crippen LogP contribution in [-0.2, 0) is 6.42 Å². The number of halogens is 1. The van der Waals surface area contributed by atoms with E-state index >= 15 is 0 Å². The maximum Gasteiger partial charge on any atom is 0.264 e. The minimum Gasteiger partial charge on any atom is -0.482 e. The highest BCUT2D eigenvalue weighted by molar-refractivity contribution is 14.1. The molecule has 0 amide bonds. The van der Waals surface area contributed by atoms with Crippen molar-refractivity contribution < 1.29 is 4.74 Å². The molecule has 1 aliphatic heterocycles. The molecule has 20 heavy (non-hydrogen) atoms. The second kappa shape index (κ2) is 4.58. The van der Waals surface area contributed by atoms with Crippen LogP contribution in [0.5, 0.6) is 5.75 Å². The van der Waals surface area contributed by atoms with Crippen LogP contribution in [0.25, 0.3) is 0 Å². The number of nitrogens with zero attached hydrogens (tertiary/aromatic N) is 1. The fourth-order valence-corrected chi connectivity index (χ4v) is 3.30. The predicted molar refractivity (Wildman–Crippen MR) is 83.1 cm³/mol. The van der Waals surface area contributed by atoms with Crippen LogP contribution in [0.2, 0.25) is 0 Å². The zero-order chi connectivity index (χ0) is 13.7. The summed E-state index contributed by atoms with van der Waals surface area (Å²) in [4.78, 5) is 19.6. The quantitative estimate of drug-likeness (QED) is 0.816. The van der Waals surface area contributed by atoms with Crippen LogP contribution in [-0.4, -0.2) is 9.97 Å². The summed E-state index contributed by atoms with van der Waals surface area (Å²) in [7, 11) is 0. The molecule has 2 heterocycles. The molecule has 5 heteroatoms. The van der Waals surface area contributed by atoms with Crippen LogP contribution in [0.4, 0.5) is 0 Å². The lowest BCUT2D eigenvalue weighted by Crippen LogP contribution is -2.21. The molecule has 1 unspecified atom stereocenters. The van der Waals surface area contributed by atoms with Crippen LogP contribution in [0.15, 0.2) is 29.1 Å². The summed E-state index contributed by atoms with van der Waals surface area (Å²) in [5, 5.41) is 0. The molecule has 1 atom stereocenters. The van der Waals surface area contributed by atoms with Gasteiger partial charge in [-0.2, -0.15) is 0 Å². The first-order valence-corrected chi connectivity index (χ1v) is 7.84. The summed E-state index contributed by atoms with van der Waals surface area (Å²) in [6, 6.07) is 7.98. The summed E-state index contributed by atoms with van der Waals surface area (Å²) in [5.41, 5.74) is 2.08. The zero-order valence-electron chi connectivity index (χ0n) is 10.7. The molecule has 0 saturated heterocycles. The maximum absolute atomic E-state index is 12.1. The van der Waals surface area contributed by atoms with Gasteiger partial charge in [0.05, 0.1) is 9.26 Å². The van der Waals surface area contributed by atoms with Gasteiger partial charge in [-0.15, -0.1) is 0 Å². The Balaban J connectivity index is 1.72. The smallest absolute Gasteiger partial charge is 0.264 e. The third-order valence-electron chi connectivity index (χ3n) is 3.82. The Bertz CT molecular complexity index is 712. The number of fused-ring (bicyclic) bond motifs is 1. The van der Waals surface area contributed by atoms with Gasteiger partial charge in [-0.1, -0.05) is 18.2 Å². The second-order valence-corrected chi connectivity index (χ2v) is 6.42. The summed E-state index contributed by atoms with van der Waals surface area (Å²) in [5.74, 6) is 2.02. The van der Waals surface area contributed by atoms with E-state index in [1.807, 2.05) is 18.2 Å². The average Bonchev–Trinajstić information content (AvgIpc) is 3.19. The standard InChI is InChI=1S/C15H13IN2O2/c16-12-13(8-5-6-8)17-14(18-15(12)19)11-7-9-3-1-2-4-10(9)20-11/h1-4,8,11H,5-7H2,(H,17,18,19). The molecule has 1 fully saturated rings. The van der Waals surface area contributed by atoms with Gasteiger partial charge in [-0.05, 0) is 47.1 Å². The molecule has 102 valence electrons. The van der Waals surface area contributed by atoms with Crippen molar-refractivity contribution in [3.63, 3.8) is 0 Å². The first kappa shape index (κ1) is 12.4. The zero-order valence-corrected chi connectivity index (χ0v) is 12.9. The van der Waals surface area contributed by atoms with Gasteiger partial charge in [0.2, 0.25) is 0 Å². The summed E-state index contributed by atoms with van der Waals surface area (Å²) in [6.07, 6.45) is 2.87. The number of H-pyrrole nitrogens is 1. The van der Waals surface area contributed by atoms with Crippen molar-refractivity contribution in [1.82, 2.24) is 9.97 Å². The van der Waals surface area contributed by atoms with Crippen molar-refractivity contribution in [3.8, 4) is 5.75 Å². The molecule has 4 nitrogen and oxygen atoms in total. The minimum absolute atomic E-state index is 0.0444. The Hall–Kier alpha value is -1.37. The number of benzene rings is 1. The summed E-state index contributed by atoms with van der Waals surface area (Å²) >= 11 is 2.09. The molecule has 1 aliphatic carbocycles. The fraction of sp³-hybridized carbons (Fsp3) is 0.333. The van der Waals surface area contributed by atoms with Crippen LogP contribution in [0.1, 0.15) is 41.9 Å². The fourth-order valence-electron chi connectivity index (χ4n) is 2.61. The Labute approximate surface area is 129 Å². The van der Waals surface area contributed by atoms with Crippen LogP contribution < -0.4 is 10.3 Å². The highest BCUT2D eigenvalue weighted by atomic mass is 127. The van der Waals surface area contributed by atoms with Gasteiger partial charge in [0.25, 0.3) is 5.56 Å². The van der Waals surface area contributed by atoms with Crippen molar-refractivity contribution in [2.24, 2.45) is 0 Å². The molecule has 0 radical (unpaired) electrons. The number of aromatic nitrogens is 2. The van der Waals surface area contributed by atoms with Crippen LogP contribution in [0, 0.1) is 3.57 Å². The third kappa shape index (κ3) is 2.04. The Morgan fingerprint density at radius 1 is 1.30 bits per heavy atom. The molecule has 1 aromatic heterocycles. The lowest BCUT2D eigenvalue weighted by Gasteiger charge is -2.12. The molecular weight excluding hydrogens is 367 g/mol. The van der Waals surface area contributed by atoms with Crippen LogP contribution >= 0.6 is 22.6 Å². The SMILES string of the molecule is O=c1[nH]c(C2Cc3ccccc3O2)nc(C2CC2)c1I. The lowest BCUT2D eigenvalue weighted by molar-refractivity contribution is 0.226. The van der Waals surface area contributed by atoms with E-state index in [-0.39, 0.29) is 11.7 Å². The minimum atomic E-state index is -0.172. The molecule has 2 aromatic rings. The molecule has 4 rings (SSSR count). The Morgan fingerprint density at radius 3 is 2.85 bits per heavy atom. The Kier molecular flexibility index (Phi) is 2.83. The van der Waals surface area contributed by atoms with E-state index in [1.54, 1.807) is 0 Å². The van der Waals surface area contributed by atoms with Gasteiger partial charge >= 0.3 is 0 Å². The van der Waals surface area contributed by atoms with E-state index in [9.17, 15) is 4.79 Å². The van der Waals surface area contributed by atoms with Crippen molar-refractivity contribution in [1.29, 1.82) is 0 Å². The van der Waals surface area contributed by atoms with E-state index in [0.29, 0.717) is 11.7 Å². The molecule has 0 spiro atoms. The van der Waals surface area contributed by atoms with Crippen LogP contribution in [0.3, 0.4) is 0 Å². The first-order chi connectivity index (χ1) is 9.72. The van der Waals surface area contributed by atoms with E-state index in [0.717, 1.165) is 34.3 Å².